The molecule has 2 aliphatic heterocycles. The fourth-order valence-electron chi connectivity index (χ4n) is 15.4. The SMILES string of the molecule is [2H]c1c([2H])c([2H])c(-c2ccc3c(c2)N(c2cc(-c4ccccc4)cc(-c4cccc(C(C)(C)C)c4)c2)c2cc(-c4cccc5c4-c4ccccc4C5(C)C)cc4c2B3c2ccc(-c3cccc(C(C)(C)C)c3)cc2N4c2c(-c3ccccc3)cc(C(C)(C)C)cc2-c2ccccc2)c([2H])c1[2H]. The van der Waals surface area contributed by atoms with E-state index in [0.29, 0.717) is 5.56 Å². The van der Waals surface area contributed by atoms with Crippen LogP contribution < -0.4 is 26.2 Å². The van der Waals surface area contributed by atoms with Crippen molar-refractivity contribution in [2.24, 2.45) is 0 Å². The van der Waals surface area contributed by atoms with Gasteiger partial charge in [0.1, 0.15) is 0 Å². The van der Waals surface area contributed by atoms with Gasteiger partial charge in [-0.3, -0.25) is 0 Å². The van der Waals surface area contributed by atoms with Crippen LogP contribution in [0.25, 0.3) is 89.0 Å². The first-order chi connectivity index (χ1) is 48.3. The number of nitrogens with zero attached hydrogens (tertiary/aromatic N) is 2. The molecule has 0 aromatic heterocycles. The molecule has 0 saturated heterocycles. The minimum Gasteiger partial charge on any atom is -0.311 e. The standard InChI is InChI=1S/C93H81BN2/c1-90(2,3)71-39-26-37-64(50-71)67-46-48-82-84(55-67)96(89-77(62-33-20-14-21-34-62)58-73(92(7,8)9)59-78(89)63-35-22-15-23-36-63)86-57-70(75-42-28-44-80-87(75)76-41-24-25-43-79(76)93(80,10)11)56-85-88(86)94(82)81-47-45-66(60-29-16-12-17-30-60)54-83(81)95(85)74-52-68(61-31-18-13-19-32-61)49-69(53-74)65-38-27-40-72(51-65)91(4,5)6/h12-59H,1-11H3/i12D,16D,17D,29D,30D. The molecule has 466 valence electrons. The van der Waals surface area contributed by atoms with E-state index < -0.39 is 12.8 Å². The molecule has 3 aliphatic rings. The molecule has 96 heavy (non-hydrogen) atoms. The van der Waals surface area contributed by atoms with Crippen molar-refractivity contribution in [3.63, 3.8) is 0 Å². The molecule has 0 saturated carbocycles. The van der Waals surface area contributed by atoms with Crippen LogP contribution in [0.3, 0.4) is 0 Å². The minimum atomic E-state index is -0.428. The highest BCUT2D eigenvalue weighted by Crippen LogP contribution is 2.57. The molecule has 2 heterocycles. The van der Waals surface area contributed by atoms with Gasteiger partial charge < -0.3 is 9.80 Å². The summed E-state index contributed by atoms with van der Waals surface area (Å²) in [6, 6.07) is 95.0. The van der Waals surface area contributed by atoms with Gasteiger partial charge in [0.25, 0.3) is 6.71 Å². The fraction of sp³-hybridized carbons (Fsp3) is 0.161. The van der Waals surface area contributed by atoms with Crippen molar-refractivity contribution < 1.29 is 6.85 Å². The van der Waals surface area contributed by atoms with E-state index in [1.54, 1.807) is 0 Å². The Balaban J connectivity index is 1.11. The fourth-order valence-corrected chi connectivity index (χ4v) is 15.4. The quantitative estimate of drug-likeness (QED) is 0.133. The summed E-state index contributed by atoms with van der Waals surface area (Å²) in [6.45, 7) is 24.9. The lowest BCUT2D eigenvalue weighted by molar-refractivity contribution is 0.590. The van der Waals surface area contributed by atoms with E-state index in [1.165, 1.54) is 38.9 Å². The zero-order valence-electron chi connectivity index (χ0n) is 61.8. The third kappa shape index (κ3) is 10.3. The molecule has 0 atom stereocenters. The molecule has 0 fully saturated rings. The summed E-state index contributed by atoms with van der Waals surface area (Å²) in [5.74, 6) is 0. The number of anilines is 6. The smallest absolute Gasteiger partial charge is 0.252 e. The second kappa shape index (κ2) is 22.9. The van der Waals surface area contributed by atoms with Crippen molar-refractivity contribution in [2.75, 3.05) is 9.80 Å². The van der Waals surface area contributed by atoms with Crippen LogP contribution in [0.15, 0.2) is 291 Å². The van der Waals surface area contributed by atoms with E-state index in [0.717, 1.165) is 117 Å². The Morgan fingerprint density at radius 2 is 0.750 bits per heavy atom. The van der Waals surface area contributed by atoms with E-state index in [-0.39, 0.29) is 51.4 Å². The maximum absolute atomic E-state index is 9.58. The number of hydrogen-bond donors (Lipinski definition) is 0. The van der Waals surface area contributed by atoms with E-state index >= 15 is 0 Å². The number of hydrogen-bond acceptors (Lipinski definition) is 2. The summed E-state index contributed by atoms with van der Waals surface area (Å²) >= 11 is 0. The van der Waals surface area contributed by atoms with Crippen molar-refractivity contribution in [3.05, 3.63) is 319 Å². The Labute approximate surface area is 576 Å². The second-order valence-corrected chi connectivity index (χ2v) is 30.2. The van der Waals surface area contributed by atoms with Gasteiger partial charge in [-0.2, -0.15) is 0 Å². The van der Waals surface area contributed by atoms with Crippen molar-refractivity contribution in [3.8, 4) is 89.0 Å². The maximum Gasteiger partial charge on any atom is 0.252 e. The molecule has 2 nitrogen and oxygen atoms in total. The van der Waals surface area contributed by atoms with Crippen LogP contribution in [0, 0.1) is 0 Å². The zero-order chi connectivity index (χ0) is 70.3. The zero-order valence-corrected chi connectivity index (χ0v) is 56.8. The van der Waals surface area contributed by atoms with Crippen molar-refractivity contribution in [1.82, 2.24) is 0 Å². The predicted molar refractivity (Wildman–Crippen MR) is 412 cm³/mol. The van der Waals surface area contributed by atoms with Gasteiger partial charge in [-0.15, -0.1) is 0 Å². The van der Waals surface area contributed by atoms with E-state index in [2.05, 4.69) is 341 Å². The molecule has 0 radical (unpaired) electrons. The summed E-state index contributed by atoms with van der Waals surface area (Å²) < 4.78 is 46.1. The first-order valence-electron chi connectivity index (χ1n) is 36.4. The van der Waals surface area contributed by atoms with E-state index in [9.17, 15) is 2.74 Å². The van der Waals surface area contributed by atoms with Crippen molar-refractivity contribution in [2.45, 2.75) is 97.8 Å². The molecule has 0 bridgehead atoms. The monoisotopic (exact) mass is 1240 g/mol. The summed E-state index contributed by atoms with van der Waals surface area (Å²) in [4.78, 5) is 5.09. The number of rotatable bonds is 9. The Morgan fingerprint density at radius 3 is 1.32 bits per heavy atom. The third-order valence-corrected chi connectivity index (χ3v) is 20.6. The summed E-state index contributed by atoms with van der Waals surface area (Å²) in [5, 5.41) is 0. The highest BCUT2D eigenvalue weighted by Gasteiger charge is 2.46. The second-order valence-electron chi connectivity index (χ2n) is 30.2. The lowest BCUT2D eigenvalue weighted by Gasteiger charge is -2.46. The van der Waals surface area contributed by atoms with Crippen molar-refractivity contribution >= 4 is 57.2 Å². The molecule has 0 spiro atoms. The van der Waals surface area contributed by atoms with Gasteiger partial charge in [0.15, 0.2) is 0 Å². The first-order valence-corrected chi connectivity index (χ1v) is 33.9. The molecule has 0 amide bonds. The number of fused-ring (bicyclic) bond motifs is 7. The Bertz CT molecular complexity index is 5430. The summed E-state index contributed by atoms with van der Waals surface area (Å²) in [5.41, 5.74) is 30.6. The molecule has 0 unspecified atom stereocenters. The van der Waals surface area contributed by atoms with Crippen LogP contribution in [0.1, 0.15) is 111 Å². The molecular formula is C93H81BN2. The van der Waals surface area contributed by atoms with E-state index in [4.69, 9.17) is 4.11 Å². The highest BCUT2D eigenvalue weighted by molar-refractivity contribution is 7.00. The topological polar surface area (TPSA) is 6.48 Å². The lowest BCUT2D eigenvalue weighted by atomic mass is 9.33. The predicted octanol–water partition coefficient (Wildman–Crippen LogP) is 23.6. The van der Waals surface area contributed by atoms with Crippen LogP contribution in [-0.4, -0.2) is 6.71 Å². The Hall–Kier alpha value is -10.5. The molecule has 1 aliphatic carbocycles. The first kappa shape index (κ1) is 54.9. The molecule has 3 heteroatoms. The largest absolute Gasteiger partial charge is 0.311 e. The van der Waals surface area contributed by atoms with E-state index in [1.807, 2.05) is 6.07 Å². The van der Waals surface area contributed by atoms with Gasteiger partial charge in [0.05, 0.1) is 12.5 Å². The Kier molecular flexibility index (Phi) is 13.1. The van der Waals surface area contributed by atoms with Crippen LogP contribution in [0.4, 0.5) is 34.1 Å². The molecule has 16 rings (SSSR count). The normalized spacial score (nSPS) is 14.3. The number of benzene rings is 13. The van der Waals surface area contributed by atoms with Crippen molar-refractivity contribution in [1.29, 1.82) is 0 Å². The average Bonchev–Trinajstić information content (AvgIpc) is 0.923. The summed E-state index contributed by atoms with van der Waals surface area (Å²) in [7, 11) is 0. The lowest BCUT2D eigenvalue weighted by Crippen LogP contribution is -2.61. The maximum atomic E-state index is 9.58. The molecule has 0 N–H and O–H groups in total. The van der Waals surface area contributed by atoms with Crippen LogP contribution >= 0.6 is 0 Å². The highest BCUT2D eigenvalue weighted by atomic mass is 15.2. The average molecular weight is 1240 g/mol. The van der Waals surface area contributed by atoms with Gasteiger partial charge in [-0.05, 0) is 193 Å². The Morgan fingerprint density at radius 1 is 0.312 bits per heavy atom. The third-order valence-electron chi connectivity index (χ3n) is 20.6. The van der Waals surface area contributed by atoms with Gasteiger partial charge in [0.2, 0.25) is 0 Å². The van der Waals surface area contributed by atoms with Crippen LogP contribution in [0.5, 0.6) is 0 Å². The van der Waals surface area contributed by atoms with Crippen LogP contribution in [-0.2, 0) is 21.7 Å². The molecule has 13 aromatic rings. The minimum absolute atomic E-state index is 0.108. The van der Waals surface area contributed by atoms with Crippen LogP contribution in [0.2, 0.25) is 0 Å². The van der Waals surface area contributed by atoms with Gasteiger partial charge >= 0.3 is 0 Å². The van der Waals surface area contributed by atoms with Gasteiger partial charge in [0, 0.05) is 45.0 Å². The van der Waals surface area contributed by atoms with Gasteiger partial charge in [-0.25, -0.2) is 0 Å². The molecule has 13 aromatic carbocycles. The van der Waals surface area contributed by atoms with Gasteiger partial charge in [-0.1, -0.05) is 313 Å². The molecular weight excluding hydrogens is 1160 g/mol. The summed E-state index contributed by atoms with van der Waals surface area (Å²) in [6.07, 6.45) is 0.